The number of rotatable bonds is 7. The SMILES string of the molecule is O=C(COC(=O)c1ccccc1SCC(=O)N1CCCC1)Nc1ccc2c(c1)OCO2. The molecular weight excluding hydrogens is 420 g/mol. The zero-order chi connectivity index (χ0) is 21.6. The second-order valence-electron chi connectivity index (χ2n) is 7.07. The molecule has 0 bridgehead atoms. The van der Waals surface area contributed by atoms with Crippen LogP contribution in [-0.4, -0.2) is 54.9 Å². The summed E-state index contributed by atoms with van der Waals surface area (Å²) in [5.41, 5.74) is 0.847. The second kappa shape index (κ2) is 9.74. The van der Waals surface area contributed by atoms with Gasteiger partial charge in [-0.3, -0.25) is 9.59 Å². The van der Waals surface area contributed by atoms with E-state index in [4.69, 9.17) is 14.2 Å². The number of nitrogens with one attached hydrogen (secondary N) is 1. The Kier molecular flexibility index (Phi) is 6.61. The van der Waals surface area contributed by atoms with Gasteiger partial charge < -0.3 is 24.4 Å². The van der Waals surface area contributed by atoms with Crippen LogP contribution in [0, 0.1) is 0 Å². The van der Waals surface area contributed by atoms with Crippen molar-refractivity contribution in [1.29, 1.82) is 0 Å². The van der Waals surface area contributed by atoms with Crippen LogP contribution >= 0.6 is 11.8 Å². The van der Waals surface area contributed by atoms with E-state index in [1.165, 1.54) is 11.8 Å². The number of anilines is 1. The Bertz CT molecular complexity index is 990. The summed E-state index contributed by atoms with van der Waals surface area (Å²) >= 11 is 1.30. The zero-order valence-corrected chi connectivity index (χ0v) is 17.6. The molecule has 4 rings (SSSR count). The first-order chi connectivity index (χ1) is 15.1. The molecule has 0 spiro atoms. The zero-order valence-electron chi connectivity index (χ0n) is 16.8. The van der Waals surface area contributed by atoms with Gasteiger partial charge in [0.05, 0.1) is 11.3 Å². The first-order valence-electron chi connectivity index (χ1n) is 9.96. The van der Waals surface area contributed by atoms with Crippen LogP contribution in [0.1, 0.15) is 23.2 Å². The number of nitrogens with zero attached hydrogens (tertiary/aromatic N) is 1. The van der Waals surface area contributed by atoms with E-state index in [0.717, 1.165) is 25.9 Å². The molecule has 0 unspecified atom stereocenters. The van der Waals surface area contributed by atoms with Gasteiger partial charge in [0, 0.05) is 29.7 Å². The fourth-order valence-corrected chi connectivity index (χ4v) is 4.28. The van der Waals surface area contributed by atoms with Crippen molar-refractivity contribution >= 4 is 35.2 Å². The number of esters is 1. The molecule has 9 heteroatoms. The van der Waals surface area contributed by atoms with Crippen molar-refractivity contribution in [3.05, 3.63) is 48.0 Å². The summed E-state index contributed by atoms with van der Waals surface area (Å²) in [6, 6.07) is 11.9. The number of ether oxygens (including phenoxy) is 3. The number of hydrogen-bond donors (Lipinski definition) is 1. The molecular formula is C22H22N2O6S. The topological polar surface area (TPSA) is 94.2 Å². The minimum Gasteiger partial charge on any atom is -0.454 e. The molecule has 2 aliphatic heterocycles. The highest BCUT2D eigenvalue weighted by atomic mass is 32.2. The van der Waals surface area contributed by atoms with Gasteiger partial charge in [0.2, 0.25) is 12.7 Å². The van der Waals surface area contributed by atoms with Gasteiger partial charge in [-0.1, -0.05) is 12.1 Å². The molecule has 0 radical (unpaired) electrons. The molecule has 0 aliphatic carbocycles. The van der Waals surface area contributed by atoms with E-state index in [2.05, 4.69) is 5.32 Å². The minimum atomic E-state index is -0.613. The Balaban J connectivity index is 1.30. The standard InChI is InChI=1S/C22H22N2O6S/c25-20(23-15-7-8-17-18(11-15)30-14-29-17)12-28-22(27)16-5-1-2-6-19(16)31-13-21(26)24-9-3-4-10-24/h1-2,5-8,11H,3-4,9-10,12-14H2,(H,23,25). The van der Waals surface area contributed by atoms with Crippen molar-refractivity contribution in [1.82, 2.24) is 4.90 Å². The molecule has 1 N–H and O–H groups in total. The van der Waals surface area contributed by atoms with Crippen molar-refractivity contribution in [3.8, 4) is 11.5 Å². The molecule has 0 atom stereocenters. The fourth-order valence-electron chi connectivity index (χ4n) is 3.34. The lowest BCUT2D eigenvalue weighted by Gasteiger charge is -2.15. The molecule has 2 amide bonds. The summed E-state index contributed by atoms with van der Waals surface area (Å²) in [7, 11) is 0. The highest BCUT2D eigenvalue weighted by molar-refractivity contribution is 8.00. The predicted octanol–water partition coefficient (Wildman–Crippen LogP) is 2.93. The van der Waals surface area contributed by atoms with E-state index in [0.29, 0.717) is 27.6 Å². The normalized spacial score (nSPS) is 14.4. The van der Waals surface area contributed by atoms with Gasteiger partial charge in [0.25, 0.3) is 5.91 Å². The van der Waals surface area contributed by atoms with Crippen molar-refractivity contribution in [2.24, 2.45) is 0 Å². The molecule has 0 aromatic heterocycles. The van der Waals surface area contributed by atoms with E-state index in [-0.39, 0.29) is 18.5 Å². The van der Waals surface area contributed by atoms with Crippen LogP contribution in [0.25, 0.3) is 0 Å². The van der Waals surface area contributed by atoms with Crippen molar-refractivity contribution in [2.75, 3.05) is 37.6 Å². The van der Waals surface area contributed by atoms with Crippen LogP contribution in [0.2, 0.25) is 0 Å². The van der Waals surface area contributed by atoms with Gasteiger partial charge in [-0.15, -0.1) is 11.8 Å². The lowest BCUT2D eigenvalue weighted by molar-refractivity contribution is -0.127. The third kappa shape index (κ3) is 5.29. The molecule has 0 saturated carbocycles. The molecule has 2 heterocycles. The number of likely N-dealkylation sites (tertiary alicyclic amines) is 1. The average Bonchev–Trinajstić information content (AvgIpc) is 3.48. The molecule has 2 aromatic rings. The molecule has 1 fully saturated rings. The van der Waals surface area contributed by atoms with Crippen LogP contribution < -0.4 is 14.8 Å². The Hall–Kier alpha value is -3.20. The van der Waals surface area contributed by atoms with E-state index in [1.54, 1.807) is 42.5 Å². The van der Waals surface area contributed by atoms with Crippen LogP contribution in [0.15, 0.2) is 47.4 Å². The summed E-state index contributed by atoms with van der Waals surface area (Å²) in [5.74, 6) is 0.397. The summed E-state index contributed by atoms with van der Waals surface area (Å²) < 4.78 is 15.7. The maximum atomic E-state index is 12.5. The van der Waals surface area contributed by atoms with Gasteiger partial charge in [-0.2, -0.15) is 0 Å². The molecule has 1 saturated heterocycles. The summed E-state index contributed by atoms with van der Waals surface area (Å²) in [6.07, 6.45) is 2.07. The fraction of sp³-hybridized carbons (Fsp3) is 0.318. The van der Waals surface area contributed by atoms with Crippen LogP contribution in [0.3, 0.4) is 0 Å². The molecule has 2 aliphatic rings. The van der Waals surface area contributed by atoms with Gasteiger partial charge >= 0.3 is 5.97 Å². The Morgan fingerprint density at radius 2 is 1.81 bits per heavy atom. The largest absolute Gasteiger partial charge is 0.454 e. The Morgan fingerprint density at radius 3 is 2.65 bits per heavy atom. The van der Waals surface area contributed by atoms with Gasteiger partial charge in [0.1, 0.15) is 0 Å². The number of thioether (sulfide) groups is 1. The molecule has 162 valence electrons. The minimum absolute atomic E-state index is 0.0637. The number of benzene rings is 2. The second-order valence-corrected chi connectivity index (χ2v) is 8.08. The molecule has 8 nitrogen and oxygen atoms in total. The molecule has 31 heavy (non-hydrogen) atoms. The van der Waals surface area contributed by atoms with E-state index in [1.807, 2.05) is 4.90 Å². The Morgan fingerprint density at radius 1 is 1.03 bits per heavy atom. The highest BCUT2D eigenvalue weighted by Crippen LogP contribution is 2.34. The van der Waals surface area contributed by atoms with Crippen LogP contribution in [-0.2, 0) is 14.3 Å². The van der Waals surface area contributed by atoms with Gasteiger partial charge in [-0.05, 0) is 37.1 Å². The quantitative estimate of drug-likeness (QED) is 0.520. The third-order valence-electron chi connectivity index (χ3n) is 4.91. The average molecular weight is 442 g/mol. The van der Waals surface area contributed by atoms with Crippen LogP contribution in [0.5, 0.6) is 11.5 Å². The predicted molar refractivity (Wildman–Crippen MR) is 114 cm³/mol. The number of hydrogen-bond acceptors (Lipinski definition) is 7. The van der Waals surface area contributed by atoms with Crippen molar-refractivity contribution < 1.29 is 28.6 Å². The number of amides is 2. The van der Waals surface area contributed by atoms with Crippen LogP contribution in [0.4, 0.5) is 5.69 Å². The number of carbonyl (C=O) groups excluding carboxylic acids is 3. The maximum Gasteiger partial charge on any atom is 0.339 e. The van der Waals surface area contributed by atoms with Gasteiger partial charge in [0.15, 0.2) is 18.1 Å². The summed E-state index contributed by atoms with van der Waals surface area (Å²) in [4.78, 5) is 39.5. The smallest absolute Gasteiger partial charge is 0.339 e. The lowest BCUT2D eigenvalue weighted by Crippen LogP contribution is -2.29. The van der Waals surface area contributed by atoms with Gasteiger partial charge in [-0.25, -0.2) is 4.79 Å². The monoisotopic (exact) mass is 442 g/mol. The first-order valence-corrected chi connectivity index (χ1v) is 10.9. The van der Waals surface area contributed by atoms with E-state index >= 15 is 0 Å². The van der Waals surface area contributed by atoms with E-state index in [9.17, 15) is 14.4 Å². The van der Waals surface area contributed by atoms with Crippen molar-refractivity contribution in [2.45, 2.75) is 17.7 Å². The van der Waals surface area contributed by atoms with Crippen molar-refractivity contribution in [3.63, 3.8) is 0 Å². The number of carbonyl (C=O) groups is 3. The molecule has 2 aromatic carbocycles. The first kappa shape index (κ1) is 21.0. The lowest BCUT2D eigenvalue weighted by atomic mass is 10.2. The summed E-state index contributed by atoms with van der Waals surface area (Å²) in [6.45, 7) is 1.30. The Labute approximate surface area is 183 Å². The summed E-state index contributed by atoms with van der Waals surface area (Å²) in [5, 5.41) is 2.66. The number of fused-ring (bicyclic) bond motifs is 1. The maximum absolute atomic E-state index is 12.5. The van der Waals surface area contributed by atoms with E-state index < -0.39 is 18.5 Å². The third-order valence-corrected chi connectivity index (χ3v) is 5.97. The highest BCUT2D eigenvalue weighted by Gasteiger charge is 2.20.